The van der Waals surface area contributed by atoms with Crippen LogP contribution in [0.3, 0.4) is 0 Å². The van der Waals surface area contributed by atoms with Gasteiger partial charge in [-0.25, -0.2) is 0 Å². The Bertz CT molecular complexity index is 254. The van der Waals surface area contributed by atoms with Crippen molar-refractivity contribution in [3.8, 4) is 0 Å². The summed E-state index contributed by atoms with van der Waals surface area (Å²) in [6.45, 7) is 6.70. The molecular weight excluding hydrogens is 230 g/mol. The second-order valence-electron chi connectivity index (χ2n) is 5.00. The molecule has 0 radical (unpaired) electrons. The van der Waals surface area contributed by atoms with Gasteiger partial charge in [-0.15, -0.1) is 0 Å². The molecule has 0 saturated carbocycles. The van der Waals surface area contributed by atoms with Gasteiger partial charge in [-0.1, -0.05) is 18.6 Å². The minimum absolute atomic E-state index is 0.0165. The molecule has 4 nitrogen and oxygen atoms in total. The van der Waals surface area contributed by atoms with Gasteiger partial charge in [0.05, 0.1) is 13.2 Å². The molecular formula is C14H27NO3. The van der Waals surface area contributed by atoms with E-state index in [1.165, 1.54) is 10.5 Å². The van der Waals surface area contributed by atoms with Crippen LogP contribution in [0.1, 0.15) is 40.0 Å². The van der Waals surface area contributed by atoms with Crippen LogP contribution in [0.4, 0.5) is 0 Å². The Morgan fingerprint density at radius 3 is 2.22 bits per heavy atom. The quantitative estimate of drug-likeness (QED) is 0.616. The summed E-state index contributed by atoms with van der Waals surface area (Å²) in [4.78, 5) is 13.4. The van der Waals surface area contributed by atoms with Gasteiger partial charge in [-0.3, -0.25) is 4.79 Å². The van der Waals surface area contributed by atoms with Gasteiger partial charge in [0.2, 0.25) is 5.91 Å². The van der Waals surface area contributed by atoms with E-state index < -0.39 is 0 Å². The molecule has 0 fully saturated rings. The topological polar surface area (TPSA) is 60.8 Å². The van der Waals surface area contributed by atoms with Gasteiger partial charge in [0.15, 0.2) is 0 Å². The molecule has 0 aromatic heterocycles. The summed E-state index contributed by atoms with van der Waals surface area (Å²) in [5.41, 5.74) is 1.30. The molecule has 0 rings (SSSR count). The Balaban J connectivity index is 4.06. The van der Waals surface area contributed by atoms with Crippen molar-refractivity contribution < 1.29 is 15.0 Å². The first kappa shape index (κ1) is 17.1. The van der Waals surface area contributed by atoms with Crippen LogP contribution in [-0.4, -0.2) is 47.3 Å². The molecule has 106 valence electrons. The molecule has 1 atom stereocenters. The predicted octanol–water partition coefficient (Wildman–Crippen LogP) is 1.57. The Kier molecular flexibility index (Phi) is 9.60. The van der Waals surface area contributed by atoms with E-state index in [0.29, 0.717) is 25.4 Å². The van der Waals surface area contributed by atoms with Gasteiger partial charge in [0.25, 0.3) is 0 Å². The number of hydrogen-bond donors (Lipinski definition) is 2. The largest absolute Gasteiger partial charge is 0.395 e. The first-order chi connectivity index (χ1) is 8.51. The molecule has 0 heterocycles. The van der Waals surface area contributed by atoms with Crippen LogP contribution in [0.2, 0.25) is 0 Å². The zero-order valence-corrected chi connectivity index (χ0v) is 11.9. The maximum Gasteiger partial charge on any atom is 0.222 e. The summed E-state index contributed by atoms with van der Waals surface area (Å²) in [7, 11) is 0. The van der Waals surface area contributed by atoms with Crippen molar-refractivity contribution >= 4 is 5.91 Å². The minimum atomic E-state index is -0.0577. The lowest BCUT2D eigenvalue weighted by atomic mass is 10.00. The molecule has 0 bridgehead atoms. The molecule has 0 aromatic rings. The Morgan fingerprint density at radius 1 is 1.22 bits per heavy atom. The third kappa shape index (κ3) is 8.25. The highest BCUT2D eigenvalue weighted by atomic mass is 16.3. The van der Waals surface area contributed by atoms with Crippen molar-refractivity contribution in [3.63, 3.8) is 0 Å². The highest BCUT2D eigenvalue weighted by molar-refractivity contribution is 5.76. The van der Waals surface area contributed by atoms with Crippen molar-refractivity contribution in [2.75, 3.05) is 26.3 Å². The molecule has 4 heteroatoms. The number of hydrogen-bond acceptors (Lipinski definition) is 3. The van der Waals surface area contributed by atoms with Crippen LogP contribution >= 0.6 is 0 Å². The molecule has 0 aliphatic rings. The lowest BCUT2D eigenvalue weighted by molar-refractivity contribution is -0.133. The van der Waals surface area contributed by atoms with E-state index in [1.54, 1.807) is 0 Å². The zero-order valence-electron chi connectivity index (χ0n) is 11.9. The summed E-state index contributed by atoms with van der Waals surface area (Å²) < 4.78 is 0. The highest BCUT2D eigenvalue weighted by Gasteiger charge is 2.15. The third-order valence-corrected chi connectivity index (χ3v) is 2.83. The van der Waals surface area contributed by atoms with E-state index in [0.717, 1.165) is 12.8 Å². The Hall–Kier alpha value is -0.870. The summed E-state index contributed by atoms with van der Waals surface area (Å²) in [6.07, 6.45) is 4.65. The van der Waals surface area contributed by atoms with Crippen LogP contribution in [0.25, 0.3) is 0 Å². The van der Waals surface area contributed by atoms with Gasteiger partial charge < -0.3 is 15.1 Å². The lowest BCUT2D eigenvalue weighted by Crippen LogP contribution is -2.36. The van der Waals surface area contributed by atoms with E-state index in [9.17, 15) is 4.79 Å². The SMILES string of the molecule is CC(C)=CCCC(C)CC(=O)N(CCO)CCO. The average molecular weight is 257 g/mol. The standard InChI is InChI=1S/C14H27NO3/c1-12(2)5-4-6-13(3)11-14(18)15(7-9-16)8-10-17/h5,13,16-17H,4,6-11H2,1-3H3. The van der Waals surface area contributed by atoms with E-state index in [1.807, 2.05) is 0 Å². The van der Waals surface area contributed by atoms with Gasteiger partial charge >= 0.3 is 0 Å². The molecule has 18 heavy (non-hydrogen) atoms. The first-order valence-electron chi connectivity index (χ1n) is 6.64. The maximum absolute atomic E-state index is 11.9. The number of carbonyl (C=O) groups excluding carboxylic acids is 1. The first-order valence-corrected chi connectivity index (χ1v) is 6.64. The molecule has 1 amide bonds. The number of aliphatic hydroxyl groups is 2. The molecule has 2 N–H and O–H groups in total. The summed E-state index contributed by atoms with van der Waals surface area (Å²) >= 11 is 0. The summed E-state index contributed by atoms with van der Waals surface area (Å²) in [6, 6.07) is 0. The second-order valence-corrected chi connectivity index (χ2v) is 5.00. The zero-order chi connectivity index (χ0) is 14.0. The average Bonchev–Trinajstić information content (AvgIpc) is 2.28. The van der Waals surface area contributed by atoms with Crippen LogP contribution in [0.15, 0.2) is 11.6 Å². The Morgan fingerprint density at radius 2 is 1.78 bits per heavy atom. The lowest BCUT2D eigenvalue weighted by Gasteiger charge is -2.22. The van der Waals surface area contributed by atoms with Gasteiger partial charge in [0.1, 0.15) is 0 Å². The minimum Gasteiger partial charge on any atom is -0.395 e. The Labute approximate surface area is 110 Å². The molecule has 0 spiro atoms. The highest BCUT2D eigenvalue weighted by Crippen LogP contribution is 2.13. The van der Waals surface area contributed by atoms with E-state index in [2.05, 4.69) is 26.8 Å². The van der Waals surface area contributed by atoms with Crippen molar-refractivity contribution in [3.05, 3.63) is 11.6 Å². The molecule has 0 aromatic carbocycles. The number of rotatable bonds is 9. The van der Waals surface area contributed by atoms with Crippen molar-refractivity contribution in [1.82, 2.24) is 4.90 Å². The predicted molar refractivity (Wildman–Crippen MR) is 73.2 cm³/mol. The maximum atomic E-state index is 11.9. The van der Waals surface area contributed by atoms with Crippen LogP contribution in [0.5, 0.6) is 0 Å². The van der Waals surface area contributed by atoms with Crippen molar-refractivity contribution in [2.45, 2.75) is 40.0 Å². The van der Waals surface area contributed by atoms with Crippen LogP contribution in [0, 0.1) is 5.92 Å². The van der Waals surface area contributed by atoms with Crippen LogP contribution < -0.4 is 0 Å². The molecule has 0 aliphatic carbocycles. The monoisotopic (exact) mass is 257 g/mol. The van der Waals surface area contributed by atoms with Crippen molar-refractivity contribution in [2.24, 2.45) is 5.92 Å². The number of amides is 1. The van der Waals surface area contributed by atoms with E-state index >= 15 is 0 Å². The van der Waals surface area contributed by atoms with Gasteiger partial charge in [-0.05, 0) is 32.6 Å². The second kappa shape index (κ2) is 10.1. The van der Waals surface area contributed by atoms with Crippen molar-refractivity contribution in [1.29, 1.82) is 0 Å². The fourth-order valence-electron chi connectivity index (χ4n) is 1.79. The number of allylic oxidation sites excluding steroid dienone is 2. The smallest absolute Gasteiger partial charge is 0.222 e. The number of nitrogens with zero attached hydrogens (tertiary/aromatic N) is 1. The molecule has 0 aliphatic heterocycles. The van der Waals surface area contributed by atoms with Gasteiger partial charge in [-0.2, -0.15) is 0 Å². The van der Waals surface area contributed by atoms with Crippen LogP contribution in [-0.2, 0) is 4.79 Å². The normalized spacial score (nSPS) is 12.1. The summed E-state index contributed by atoms with van der Waals surface area (Å²) in [5.74, 6) is 0.343. The third-order valence-electron chi connectivity index (χ3n) is 2.83. The number of carbonyl (C=O) groups is 1. The number of aliphatic hydroxyl groups excluding tert-OH is 2. The molecule has 0 saturated heterocycles. The van der Waals surface area contributed by atoms with E-state index in [4.69, 9.17) is 10.2 Å². The van der Waals surface area contributed by atoms with E-state index in [-0.39, 0.29) is 19.1 Å². The van der Waals surface area contributed by atoms with Gasteiger partial charge in [0, 0.05) is 19.5 Å². The fraction of sp³-hybridized carbons (Fsp3) is 0.786. The fourth-order valence-corrected chi connectivity index (χ4v) is 1.79. The summed E-state index contributed by atoms with van der Waals surface area (Å²) in [5, 5.41) is 17.7. The molecule has 1 unspecified atom stereocenters.